The molecule has 6 nitrogen and oxygen atoms in total. The fraction of sp³-hybridized carbons (Fsp3) is 0. The van der Waals surface area contributed by atoms with Gasteiger partial charge < -0.3 is 0 Å². The molecule has 0 atom stereocenters. The zero-order valence-electron chi connectivity index (χ0n) is 9.62. The average Bonchev–Trinajstić information content (AvgIpc) is 2.91. The van der Waals surface area contributed by atoms with Crippen molar-refractivity contribution in [3.8, 4) is 0 Å². The van der Waals surface area contributed by atoms with Gasteiger partial charge in [-0.2, -0.15) is 12.8 Å². The fourth-order valence-electron chi connectivity index (χ4n) is 1.62. The Labute approximate surface area is 121 Å². The van der Waals surface area contributed by atoms with Crippen molar-refractivity contribution in [3.05, 3.63) is 41.0 Å². The first-order valence-electron chi connectivity index (χ1n) is 5.23. The third kappa shape index (κ3) is 2.23. The van der Waals surface area contributed by atoms with Crippen LogP contribution in [0, 0.1) is 5.95 Å². The number of halogens is 2. The van der Waals surface area contributed by atoms with Gasteiger partial charge in [0.15, 0.2) is 15.1 Å². The summed E-state index contributed by atoms with van der Waals surface area (Å²) in [6.07, 6.45) is 2.63. The van der Waals surface area contributed by atoms with Crippen LogP contribution in [0.4, 0.5) is 10.1 Å². The van der Waals surface area contributed by atoms with Crippen molar-refractivity contribution in [1.82, 2.24) is 14.4 Å². The Hall–Kier alpha value is -1.71. The normalized spacial score (nSPS) is 11.9. The Morgan fingerprint density at radius 3 is 2.90 bits per heavy atom. The van der Waals surface area contributed by atoms with Gasteiger partial charge in [-0.3, -0.25) is 9.12 Å². The first-order chi connectivity index (χ1) is 9.47. The molecule has 0 radical (unpaired) electrons. The Balaban J connectivity index is 2.05. The van der Waals surface area contributed by atoms with Crippen molar-refractivity contribution in [2.45, 2.75) is 5.03 Å². The highest BCUT2D eigenvalue weighted by atomic mass is 35.5. The monoisotopic (exact) mass is 332 g/mol. The highest BCUT2D eigenvalue weighted by Crippen LogP contribution is 2.26. The lowest BCUT2D eigenvalue weighted by atomic mass is 10.4. The van der Waals surface area contributed by atoms with Gasteiger partial charge in [0.25, 0.3) is 10.0 Å². The molecule has 0 bridgehead atoms. The first-order valence-corrected chi connectivity index (χ1v) is 7.97. The number of anilines is 1. The number of hydrogen-bond acceptors (Lipinski definition) is 5. The molecular weight excluding hydrogens is 327 g/mol. The molecule has 0 saturated heterocycles. The van der Waals surface area contributed by atoms with E-state index in [1.54, 1.807) is 11.6 Å². The molecule has 3 heterocycles. The molecule has 0 amide bonds. The van der Waals surface area contributed by atoms with E-state index >= 15 is 0 Å². The van der Waals surface area contributed by atoms with E-state index in [0.29, 0.717) is 4.96 Å². The summed E-state index contributed by atoms with van der Waals surface area (Å²) in [5.74, 6) is -0.699. The van der Waals surface area contributed by atoms with Gasteiger partial charge >= 0.3 is 0 Å². The number of hydrogen-bond donors (Lipinski definition) is 1. The predicted octanol–water partition coefficient (Wildman–Crippen LogP) is 2.38. The number of thiazole rings is 1. The molecule has 3 aromatic rings. The minimum absolute atomic E-state index is 0.126. The van der Waals surface area contributed by atoms with Gasteiger partial charge in [0.1, 0.15) is 0 Å². The molecule has 0 aliphatic carbocycles. The molecule has 0 saturated carbocycles. The maximum absolute atomic E-state index is 12.7. The van der Waals surface area contributed by atoms with Crippen LogP contribution in [-0.4, -0.2) is 22.8 Å². The van der Waals surface area contributed by atoms with Gasteiger partial charge in [-0.1, -0.05) is 11.6 Å². The van der Waals surface area contributed by atoms with Gasteiger partial charge in [0, 0.05) is 11.6 Å². The van der Waals surface area contributed by atoms with Crippen LogP contribution in [0.1, 0.15) is 0 Å². The lowest BCUT2D eigenvalue weighted by molar-refractivity contribution is 0.583. The Kier molecular flexibility index (Phi) is 3.11. The molecule has 10 heteroatoms. The molecular formula is C10H6ClFN4O2S2. The number of nitrogens with one attached hydrogen (secondary N) is 1. The van der Waals surface area contributed by atoms with E-state index in [0.717, 1.165) is 12.3 Å². The standard InChI is InChI=1S/C10H6ClFN4O2S2/c11-8-9(16-3-4-19-10(16)14-8)20(17,18)15-6-1-2-7(12)13-5-6/h1-5,15H. The van der Waals surface area contributed by atoms with E-state index in [4.69, 9.17) is 11.6 Å². The second-order valence-corrected chi connectivity index (χ2v) is 6.57. The number of fused-ring (bicyclic) bond motifs is 1. The molecule has 0 fully saturated rings. The van der Waals surface area contributed by atoms with E-state index in [2.05, 4.69) is 14.7 Å². The van der Waals surface area contributed by atoms with Crippen LogP contribution in [0.3, 0.4) is 0 Å². The van der Waals surface area contributed by atoms with Gasteiger partial charge in [-0.15, -0.1) is 11.3 Å². The lowest BCUT2D eigenvalue weighted by Crippen LogP contribution is -2.15. The van der Waals surface area contributed by atoms with Crippen LogP contribution in [0.15, 0.2) is 34.9 Å². The SMILES string of the molecule is O=S(=O)(Nc1ccc(F)nc1)c1c(Cl)nc2sccn12. The third-order valence-corrected chi connectivity index (χ3v) is 4.95. The second-order valence-electron chi connectivity index (χ2n) is 3.74. The number of sulfonamides is 1. The van der Waals surface area contributed by atoms with Crippen molar-refractivity contribution in [2.24, 2.45) is 0 Å². The maximum Gasteiger partial charge on any atom is 0.281 e. The number of aromatic nitrogens is 3. The van der Waals surface area contributed by atoms with Crippen molar-refractivity contribution >= 4 is 43.6 Å². The third-order valence-electron chi connectivity index (χ3n) is 2.41. The molecule has 0 aliphatic rings. The molecule has 1 N–H and O–H groups in total. The summed E-state index contributed by atoms with van der Waals surface area (Å²) in [5, 5.41) is 1.40. The summed E-state index contributed by atoms with van der Waals surface area (Å²) in [5.41, 5.74) is 0.132. The van der Waals surface area contributed by atoms with Crippen LogP contribution < -0.4 is 4.72 Å². The summed E-state index contributed by atoms with van der Waals surface area (Å²) < 4.78 is 41.0. The summed E-state index contributed by atoms with van der Waals surface area (Å²) in [6, 6.07) is 2.32. The molecule has 20 heavy (non-hydrogen) atoms. The Morgan fingerprint density at radius 2 is 2.20 bits per heavy atom. The quantitative estimate of drug-likeness (QED) is 0.747. The first kappa shape index (κ1) is 13.3. The minimum Gasteiger partial charge on any atom is -0.278 e. The minimum atomic E-state index is -3.95. The van der Waals surface area contributed by atoms with Gasteiger partial charge in [-0.25, -0.2) is 9.97 Å². The number of rotatable bonds is 3. The highest BCUT2D eigenvalue weighted by Gasteiger charge is 2.25. The van der Waals surface area contributed by atoms with Gasteiger partial charge in [0.05, 0.1) is 11.9 Å². The van der Waals surface area contributed by atoms with Gasteiger partial charge in [0.2, 0.25) is 5.95 Å². The molecule has 0 aliphatic heterocycles. The summed E-state index contributed by atoms with van der Waals surface area (Å²) >= 11 is 7.12. The Bertz CT molecular complexity index is 872. The summed E-state index contributed by atoms with van der Waals surface area (Å²) in [4.78, 5) is 7.79. The molecule has 0 spiro atoms. The van der Waals surface area contributed by atoms with Crippen LogP contribution in [0.25, 0.3) is 4.96 Å². The van der Waals surface area contributed by atoms with Crippen molar-refractivity contribution in [3.63, 3.8) is 0 Å². The highest BCUT2D eigenvalue weighted by molar-refractivity contribution is 7.92. The van der Waals surface area contributed by atoms with E-state index in [-0.39, 0.29) is 15.9 Å². The Morgan fingerprint density at radius 1 is 1.40 bits per heavy atom. The van der Waals surface area contributed by atoms with E-state index in [1.807, 2.05) is 0 Å². The molecule has 3 aromatic heterocycles. The molecule has 3 rings (SSSR count). The van der Waals surface area contributed by atoms with Gasteiger partial charge in [-0.05, 0) is 12.1 Å². The van der Waals surface area contributed by atoms with Crippen LogP contribution in [0.5, 0.6) is 0 Å². The summed E-state index contributed by atoms with van der Waals surface area (Å²) in [6.45, 7) is 0. The van der Waals surface area contributed by atoms with E-state index < -0.39 is 16.0 Å². The van der Waals surface area contributed by atoms with Crippen LogP contribution in [-0.2, 0) is 10.0 Å². The zero-order chi connectivity index (χ0) is 14.3. The molecule has 0 unspecified atom stereocenters. The number of pyridine rings is 1. The van der Waals surface area contributed by atoms with E-state index in [1.165, 1.54) is 21.8 Å². The molecule has 104 valence electrons. The predicted molar refractivity (Wildman–Crippen MR) is 73.1 cm³/mol. The smallest absolute Gasteiger partial charge is 0.278 e. The van der Waals surface area contributed by atoms with Crippen molar-refractivity contribution in [2.75, 3.05) is 4.72 Å². The topological polar surface area (TPSA) is 76.4 Å². The fourth-order valence-corrected chi connectivity index (χ4v) is 4.12. The number of nitrogens with zero attached hydrogens (tertiary/aromatic N) is 3. The average molecular weight is 333 g/mol. The maximum atomic E-state index is 12.7. The summed E-state index contributed by atoms with van der Waals surface area (Å²) in [7, 11) is -3.95. The zero-order valence-corrected chi connectivity index (χ0v) is 12.0. The largest absolute Gasteiger partial charge is 0.281 e. The van der Waals surface area contributed by atoms with Crippen molar-refractivity contribution in [1.29, 1.82) is 0 Å². The lowest BCUT2D eigenvalue weighted by Gasteiger charge is -2.06. The molecule has 0 aromatic carbocycles. The van der Waals surface area contributed by atoms with Crippen molar-refractivity contribution < 1.29 is 12.8 Å². The van der Waals surface area contributed by atoms with Crippen LogP contribution >= 0.6 is 22.9 Å². The van der Waals surface area contributed by atoms with Crippen LogP contribution in [0.2, 0.25) is 5.15 Å². The number of imidazole rings is 1. The van der Waals surface area contributed by atoms with E-state index in [9.17, 15) is 12.8 Å². The second kappa shape index (κ2) is 4.69.